The summed E-state index contributed by atoms with van der Waals surface area (Å²) in [5, 5.41) is 16.5. The van der Waals surface area contributed by atoms with Gasteiger partial charge in [0, 0.05) is 48.2 Å². The summed E-state index contributed by atoms with van der Waals surface area (Å²) in [5.41, 5.74) is 10.0. The first-order valence-electron chi connectivity index (χ1n) is 12.4. The molecule has 5 heterocycles. The molecule has 0 fully saturated rings. The van der Waals surface area contributed by atoms with Crippen molar-refractivity contribution in [3.05, 3.63) is 107 Å². The van der Waals surface area contributed by atoms with E-state index < -0.39 is 0 Å². The topological polar surface area (TPSA) is 95.2 Å². The maximum atomic E-state index is 4.92. The lowest BCUT2D eigenvalue weighted by molar-refractivity contribution is 0.691. The lowest BCUT2D eigenvalue weighted by Crippen LogP contribution is -2.12. The van der Waals surface area contributed by atoms with E-state index in [1.54, 1.807) is 11.3 Å². The van der Waals surface area contributed by atoms with E-state index in [2.05, 4.69) is 95.8 Å². The third kappa shape index (κ3) is 4.26. The maximum absolute atomic E-state index is 4.92. The Bertz CT molecular complexity index is 1850. The Morgan fingerprint density at radius 2 is 1.76 bits per heavy atom. The molecule has 0 spiro atoms. The summed E-state index contributed by atoms with van der Waals surface area (Å²) in [6.45, 7) is 1.56. The number of aromatic nitrogens is 6. The summed E-state index contributed by atoms with van der Waals surface area (Å²) in [6, 6.07) is 23.0. The highest BCUT2D eigenvalue weighted by Crippen LogP contribution is 2.33. The Balaban J connectivity index is 1.20. The zero-order valence-corrected chi connectivity index (χ0v) is 21.2. The SMILES string of the molecule is c1ccc(CNCc2cncc(-c3ccc4[nH]nc(-c5nc6c(-c7ccsc7)ccnc6[nH]5)c4c3)c2)cc1. The minimum absolute atomic E-state index is 0.690. The standard InChI is InChI=1S/C30H23N7S/c1-2-4-19(5-3-1)14-31-15-20-12-23(17-32-16-20)21-6-7-26-25(13-21)28(37-36-26)30-34-27-24(22-9-11-38-18-22)8-10-33-29(27)35-30/h1-13,16-18,31H,14-15H2,(H,36,37)(H,33,34,35). The van der Waals surface area contributed by atoms with Crippen molar-refractivity contribution in [3.63, 3.8) is 0 Å². The Morgan fingerprint density at radius 1 is 0.842 bits per heavy atom. The molecule has 0 aliphatic carbocycles. The van der Waals surface area contributed by atoms with Gasteiger partial charge in [-0.3, -0.25) is 10.1 Å². The summed E-state index contributed by atoms with van der Waals surface area (Å²) in [7, 11) is 0. The first-order valence-corrected chi connectivity index (χ1v) is 13.3. The first-order chi connectivity index (χ1) is 18.8. The first kappa shape index (κ1) is 22.5. The number of nitrogens with zero attached hydrogens (tertiary/aromatic N) is 4. The van der Waals surface area contributed by atoms with Gasteiger partial charge in [0.15, 0.2) is 11.5 Å². The van der Waals surface area contributed by atoms with E-state index in [0.717, 1.165) is 68.7 Å². The molecule has 7 rings (SSSR count). The van der Waals surface area contributed by atoms with Gasteiger partial charge in [0.05, 0.1) is 5.52 Å². The van der Waals surface area contributed by atoms with Crippen LogP contribution in [0.5, 0.6) is 0 Å². The minimum atomic E-state index is 0.690. The highest BCUT2D eigenvalue weighted by Gasteiger charge is 2.16. The van der Waals surface area contributed by atoms with Crippen molar-refractivity contribution in [2.75, 3.05) is 0 Å². The Labute approximate surface area is 222 Å². The van der Waals surface area contributed by atoms with Crippen molar-refractivity contribution in [1.29, 1.82) is 0 Å². The predicted octanol–water partition coefficient (Wildman–Crippen LogP) is 6.58. The van der Waals surface area contributed by atoms with Gasteiger partial charge >= 0.3 is 0 Å². The number of aromatic amines is 2. The second-order valence-corrected chi connectivity index (χ2v) is 9.94. The van der Waals surface area contributed by atoms with Crippen molar-refractivity contribution in [2.24, 2.45) is 0 Å². The molecular formula is C30H23N7S. The molecule has 0 saturated heterocycles. The van der Waals surface area contributed by atoms with Crippen molar-refractivity contribution in [1.82, 2.24) is 35.5 Å². The molecule has 0 bridgehead atoms. The molecule has 8 heteroatoms. The Kier molecular flexibility index (Phi) is 5.73. The second kappa shape index (κ2) is 9.66. The number of thiophene rings is 1. The Morgan fingerprint density at radius 3 is 2.66 bits per heavy atom. The Hall–Kier alpha value is -4.66. The highest BCUT2D eigenvalue weighted by atomic mass is 32.1. The molecule has 7 aromatic rings. The smallest absolute Gasteiger partial charge is 0.160 e. The van der Waals surface area contributed by atoms with Gasteiger partial charge in [0.1, 0.15) is 11.2 Å². The number of imidazole rings is 1. The van der Waals surface area contributed by atoms with Gasteiger partial charge in [-0.1, -0.05) is 36.4 Å². The van der Waals surface area contributed by atoms with E-state index in [9.17, 15) is 0 Å². The number of fused-ring (bicyclic) bond motifs is 2. The number of rotatable bonds is 7. The average molecular weight is 514 g/mol. The van der Waals surface area contributed by atoms with Gasteiger partial charge in [0.25, 0.3) is 0 Å². The molecule has 5 aromatic heterocycles. The molecule has 184 valence electrons. The second-order valence-electron chi connectivity index (χ2n) is 9.16. The van der Waals surface area contributed by atoms with E-state index in [-0.39, 0.29) is 0 Å². The summed E-state index contributed by atoms with van der Waals surface area (Å²) in [4.78, 5) is 17.3. The molecule has 0 atom stereocenters. The molecule has 0 amide bonds. The van der Waals surface area contributed by atoms with Crippen molar-refractivity contribution < 1.29 is 0 Å². The average Bonchev–Trinajstić information content (AvgIpc) is 3.73. The third-order valence-electron chi connectivity index (χ3n) is 6.63. The zero-order chi connectivity index (χ0) is 25.3. The summed E-state index contributed by atoms with van der Waals surface area (Å²) in [5.74, 6) is 0.690. The largest absolute Gasteiger partial charge is 0.321 e. The van der Waals surface area contributed by atoms with E-state index in [0.29, 0.717) is 5.82 Å². The van der Waals surface area contributed by atoms with Crippen LogP contribution in [0.3, 0.4) is 0 Å². The van der Waals surface area contributed by atoms with E-state index in [4.69, 9.17) is 4.98 Å². The fraction of sp³-hybridized carbons (Fsp3) is 0.0667. The van der Waals surface area contributed by atoms with Gasteiger partial charge in [-0.2, -0.15) is 16.4 Å². The van der Waals surface area contributed by atoms with Gasteiger partial charge in [-0.15, -0.1) is 0 Å². The fourth-order valence-electron chi connectivity index (χ4n) is 4.74. The molecule has 7 nitrogen and oxygen atoms in total. The lowest BCUT2D eigenvalue weighted by Gasteiger charge is -2.07. The highest BCUT2D eigenvalue weighted by molar-refractivity contribution is 7.08. The molecule has 3 N–H and O–H groups in total. The number of nitrogens with one attached hydrogen (secondary N) is 3. The van der Waals surface area contributed by atoms with Crippen LogP contribution in [0.2, 0.25) is 0 Å². The lowest BCUT2D eigenvalue weighted by atomic mass is 10.0. The summed E-state index contributed by atoms with van der Waals surface area (Å²) < 4.78 is 0. The molecule has 0 aliphatic heterocycles. The van der Waals surface area contributed by atoms with Crippen LogP contribution < -0.4 is 5.32 Å². The van der Waals surface area contributed by atoms with Crippen LogP contribution in [-0.4, -0.2) is 30.1 Å². The van der Waals surface area contributed by atoms with Gasteiger partial charge < -0.3 is 10.3 Å². The van der Waals surface area contributed by atoms with Crippen LogP contribution >= 0.6 is 11.3 Å². The third-order valence-corrected chi connectivity index (χ3v) is 7.32. The molecule has 0 saturated carbocycles. The summed E-state index contributed by atoms with van der Waals surface area (Å²) >= 11 is 1.67. The van der Waals surface area contributed by atoms with Crippen LogP contribution in [0.15, 0.2) is 96.1 Å². The summed E-state index contributed by atoms with van der Waals surface area (Å²) in [6.07, 6.45) is 5.63. The molecule has 0 unspecified atom stereocenters. The molecule has 0 radical (unpaired) electrons. The molecule has 2 aromatic carbocycles. The number of hydrogen-bond donors (Lipinski definition) is 3. The van der Waals surface area contributed by atoms with Crippen molar-refractivity contribution in [2.45, 2.75) is 13.1 Å². The number of hydrogen-bond acceptors (Lipinski definition) is 6. The van der Waals surface area contributed by atoms with Crippen LogP contribution in [-0.2, 0) is 13.1 Å². The molecule has 38 heavy (non-hydrogen) atoms. The van der Waals surface area contributed by atoms with Crippen LogP contribution in [0, 0.1) is 0 Å². The number of H-pyrrole nitrogens is 2. The van der Waals surface area contributed by atoms with Crippen LogP contribution in [0.25, 0.3) is 55.8 Å². The van der Waals surface area contributed by atoms with Gasteiger partial charge in [-0.05, 0) is 63.3 Å². The quantitative estimate of drug-likeness (QED) is 0.224. The van der Waals surface area contributed by atoms with Crippen molar-refractivity contribution in [3.8, 4) is 33.8 Å². The van der Waals surface area contributed by atoms with Gasteiger partial charge in [0.2, 0.25) is 0 Å². The fourth-order valence-corrected chi connectivity index (χ4v) is 5.39. The monoisotopic (exact) mass is 513 g/mol. The molecule has 0 aliphatic rings. The van der Waals surface area contributed by atoms with Crippen LogP contribution in [0.4, 0.5) is 0 Å². The predicted molar refractivity (Wildman–Crippen MR) is 153 cm³/mol. The van der Waals surface area contributed by atoms with E-state index in [1.165, 1.54) is 5.56 Å². The maximum Gasteiger partial charge on any atom is 0.160 e. The van der Waals surface area contributed by atoms with E-state index in [1.807, 2.05) is 30.7 Å². The normalized spacial score (nSPS) is 11.5. The van der Waals surface area contributed by atoms with Crippen LogP contribution in [0.1, 0.15) is 11.1 Å². The molecular weight excluding hydrogens is 490 g/mol. The van der Waals surface area contributed by atoms with E-state index >= 15 is 0 Å². The van der Waals surface area contributed by atoms with Gasteiger partial charge in [-0.25, -0.2) is 9.97 Å². The zero-order valence-electron chi connectivity index (χ0n) is 20.3. The van der Waals surface area contributed by atoms with Crippen molar-refractivity contribution >= 4 is 33.4 Å². The number of pyridine rings is 2. The number of benzene rings is 2. The minimum Gasteiger partial charge on any atom is -0.321 e.